The summed E-state index contributed by atoms with van der Waals surface area (Å²) in [7, 11) is 2.09. The molecule has 2 saturated heterocycles. The number of carbonyl (C=O) groups excluding carboxylic acids is 1. The van der Waals surface area contributed by atoms with Crippen molar-refractivity contribution in [1.82, 2.24) is 24.8 Å². The molecule has 1 aliphatic carbocycles. The van der Waals surface area contributed by atoms with Crippen molar-refractivity contribution in [2.75, 3.05) is 52.9 Å². The Kier molecular flexibility index (Phi) is 4.75. The molecule has 0 N–H and O–H groups in total. The number of rotatable bonds is 4. The molecule has 0 bridgehead atoms. The predicted octanol–water partition coefficient (Wildman–Crippen LogP) is 0.483. The fraction of sp³-hybridized carbons (Fsp3) is 0.824. The van der Waals surface area contributed by atoms with Crippen LogP contribution in [0.5, 0.6) is 0 Å². The molecule has 0 unspecified atom stereocenters. The van der Waals surface area contributed by atoms with Crippen LogP contribution in [0.2, 0.25) is 0 Å². The number of likely N-dealkylation sites (N-methyl/N-ethyl adjacent to an activating group) is 1. The van der Waals surface area contributed by atoms with E-state index >= 15 is 0 Å². The minimum Gasteiger partial charge on any atom is -0.375 e. The third-order valence-corrected chi connectivity index (χ3v) is 5.44. The molecule has 8 nitrogen and oxygen atoms in total. The highest BCUT2D eigenvalue weighted by Crippen LogP contribution is 2.39. The first kappa shape index (κ1) is 16.9. The topological polar surface area (TPSA) is 74.9 Å². The molecular weight excluding hydrogens is 322 g/mol. The molecule has 2 aliphatic heterocycles. The van der Waals surface area contributed by atoms with Crippen molar-refractivity contribution < 1.29 is 14.1 Å². The lowest BCUT2D eigenvalue weighted by Crippen LogP contribution is -2.53. The van der Waals surface area contributed by atoms with Gasteiger partial charge in [-0.1, -0.05) is 5.16 Å². The molecule has 0 spiro atoms. The van der Waals surface area contributed by atoms with Crippen LogP contribution in [-0.4, -0.2) is 89.8 Å². The summed E-state index contributed by atoms with van der Waals surface area (Å²) in [5.74, 6) is 2.02. The van der Waals surface area contributed by atoms with Gasteiger partial charge in [0.1, 0.15) is 6.04 Å². The zero-order valence-electron chi connectivity index (χ0n) is 15.1. The number of hydrogen-bond donors (Lipinski definition) is 0. The van der Waals surface area contributed by atoms with Crippen LogP contribution in [0.25, 0.3) is 0 Å². The number of amides is 1. The van der Waals surface area contributed by atoms with E-state index < -0.39 is 0 Å². The molecule has 1 saturated carbocycles. The van der Waals surface area contributed by atoms with Crippen molar-refractivity contribution in [3.63, 3.8) is 0 Å². The molecule has 1 aromatic heterocycles. The fourth-order valence-electron chi connectivity index (χ4n) is 3.62. The van der Waals surface area contributed by atoms with E-state index in [1.54, 1.807) is 0 Å². The molecule has 3 aliphatic rings. The Balaban J connectivity index is 1.45. The van der Waals surface area contributed by atoms with Crippen LogP contribution in [0.1, 0.15) is 43.4 Å². The molecule has 2 atom stereocenters. The molecular formula is C17H27N5O3. The van der Waals surface area contributed by atoms with Gasteiger partial charge in [-0.2, -0.15) is 4.98 Å². The van der Waals surface area contributed by atoms with Crippen LogP contribution < -0.4 is 0 Å². The zero-order valence-corrected chi connectivity index (χ0v) is 15.1. The van der Waals surface area contributed by atoms with Gasteiger partial charge in [-0.25, -0.2) is 0 Å². The van der Waals surface area contributed by atoms with Crippen molar-refractivity contribution in [2.24, 2.45) is 0 Å². The van der Waals surface area contributed by atoms with Gasteiger partial charge >= 0.3 is 0 Å². The van der Waals surface area contributed by atoms with E-state index in [0.29, 0.717) is 31.5 Å². The maximum Gasteiger partial charge on any atom is 0.246 e. The average molecular weight is 349 g/mol. The Morgan fingerprint density at radius 2 is 1.96 bits per heavy atom. The van der Waals surface area contributed by atoms with E-state index in [2.05, 4.69) is 27.0 Å². The molecule has 1 amide bonds. The van der Waals surface area contributed by atoms with Gasteiger partial charge in [0.25, 0.3) is 0 Å². The Morgan fingerprint density at radius 1 is 1.20 bits per heavy atom. The molecule has 3 heterocycles. The Bertz CT molecular complexity index is 609. The summed E-state index contributed by atoms with van der Waals surface area (Å²) >= 11 is 0. The summed E-state index contributed by atoms with van der Waals surface area (Å²) in [5.41, 5.74) is 0. The molecule has 1 aromatic rings. The average Bonchev–Trinajstić information content (AvgIpc) is 3.34. The third kappa shape index (κ3) is 3.70. The second kappa shape index (κ2) is 7.01. The maximum absolute atomic E-state index is 12.7. The number of carbonyl (C=O) groups is 1. The van der Waals surface area contributed by atoms with Gasteiger partial charge in [0.05, 0.1) is 19.3 Å². The van der Waals surface area contributed by atoms with Crippen molar-refractivity contribution in [1.29, 1.82) is 0 Å². The van der Waals surface area contributed by atoms with Crippen molar-refractivity contribution in [3.8, 4) is 0 Å². The summed E-state index contributed by atoms with van der Waals surface area (Å²) < 4.78 is 11.3. The molecule has 4 rings (SSSR count). The van der Waals surface area contributed by atoms with Crippen molar-refractivity contribution in [2.45, 2.75) is 37.8 Å². The van der Waals surface area contributed by atoms with E-state index in [4.69, 9.17) is 9.26 Å². The largest absolute Gasteiger partial charge is 0.375 e. The highest BCUT2D eigenvalue weighted by atomic mass is 16.5. The summed E-state index contributed by atoms with van der Waals surface area (Å²) in [4.78, 5) is 23.7. The number of piperazine rings is 1. The molecule has 8 heteroatoms. The van der Waals surface area contributed by atoms with Gasteiger partial charge in [0, 0.05) is 38.6 Å². The number of morpholine rings is 1. The fourth-order valence-corrected chi connectivity index (χ4v) is 3.62. The first-order valence-corrected chi connectivity index (χ1v) is 9.27. The van der Waals surface area contributed by atoms with E-state index in [-0.39, 0.29) is 18.1 Å². The molecule has 138 valence electrons. The van der Waals surface area contributed by atoms with Crippen LogP contribution in [0.15, 0.2) is 4.52 Å². The molecule has 0 radical (unpaired) electrons. The van der Waals surface area contributed by atoms with E-state index in [0.717, 1.165) is 44.8 Å². The van der Waals surface area contributed by atoms with Gasteiger partial charge in [0.2, 0.25) is 11.8 Å². The number of ether oxygens (including phenoxy) is 1. The van der Waals surface area contributed by atoms with E-state index in [1.165, 1.54) is 0 Å². The SMILES string of the molecule is C[C@H]1OCCN(CC(=O)N2CCN(C)CC2)[C@@H]1c1nc(C2CC2)no1. The Morgan fingerprint density at radius 3 is 2.68 bits per heavy atom. The molecule has 3 fully saturated rings. The predicted molar refractivity (Wildman–Crippen MR) is 90.1 cm³/mol. The second-order valence-electron chi connectivity index (χ2n) is 7.44. The highest BCUT2D eigenvalue weighted by molar-refractivity contribution is 5.78. The first-order chi connectivity index (χ1) is 12.1. The van der Waals surface area contributed by atoms with Crippen LogP contribution in [0.3, 0.4) is 0 Å². The lowest BCUT2D eigenvalue weighted by atomic mass is 10.1. The summed E-state index contributed by atoms with van der Waals surface area (Å²) in [5, 5.41) is 4.13. The van der Waals surface area contributed by atoms with Crippen LogP contribution >= 0.6 is 0 Å². The second-order valence-corrected chi connectivity index (χ2v) is 7.44. The highest BCUT2D eigenvalue weighted by Gasteiger charge is 2.38. The lowest BCUT2D eigenvalue weighted by Gasteiger charge is -2.39. The summed E-state index contributed by atoms with van der Waals surface area (Å²) in [6.45, 7) is 7.18. The van der Waals surface area contributed by atoms with Crippen molar-refractivity contribution >= 4 is 5.91 Å². The minimum atomic E-state index is -0.148. The maximum atomic E-state index is 12.7. The Labute approximate surface area is 148 Å². The Hall–Kier alpha value is -1.51. The number of aromatic nitrogens is 2. The number of nitrogens with zero attached hydrogens (tertiary/aromatic N) is 5. The van der Waals surface area contributed by atoms with Gasteiger partial charge in [0.15, 0.2) is 5.82 Å². The van der Waals surface area contributed by atoms with Gasteiger partial charge in [-0.3, -0.25) is 9.69 Å². The minimum absolute atomic E-state index is 0.0680. The van der Waals surface area contributed by atoms with Gasteiger partial charge in [-0.05, 0) is 26.8 Å². The monoisotopic (exact) mass is 349 g/mol. The standard InChI is InChI=1S/C17H27N5O3/c1-12-15(17-18-16(19-25-17)13-3-4-13)22(9-10-24-12)11-14(23)21-7-5-20(2)6-8-21/h12-13,15H,3-11H2,1-2H3/t12-,15+/m1/s1. The molecule has 25 heavy (non-hydrogen) atoms. The third-order valence-electron chi connectivity index (χ3n) is 5.44. The van der Waals surface area contributed by atoms with Crippen LogP contribution in [0, 0.1) is 0 Å². The van der Waals surface area contributed by atoms with Crippen molar-refractivity contribution in [3.05, 3.63) is 11.7 Å². The van der Waals surface area contributed by atoms with Gasteiger partial charge in [-0.15, -0.1) is 0 Å². The summed E-state index contributed by atoms with van der Waals surface area (Å²) in [6, 6.07) is -0.148. The van der Waals surface area contributed by atoms with Crippen LogP contribution in [0.4, 0.5) is 0 Å². The van der Waals surface area contributed by atoms with Crippen LogP contribution in [-0.2, 0) is 9.53 Å². The van der Waals surface area contributed by atoms with E-state index in [9.17, 15) is 4.79 Å². The van der Waals surface area contributed by atoms with E-state index in [1.807, 2.05) is 11.8 Å². The smallest absolute Gasteiger partial charge is 0.246 e. The normalized spacial score (nSPS) is 29.1. The first-order valence-electron chi connectivity index (χ1n) is 9.27. The van der Waals surface area contributed by atoms with Gasteiger partial charge < -0.3 is 19.1 Å². The quantitative estimate of drug-likeness (QED) is 0.783. The zero-order chi connectivity index (χ0) is 17.4. The number of hydrogen-bond acceptors (Lipinski definition) is 7. The molecule has 0 aromatic carbocycles. The summed E-state index contributed by atoms with van der Waals surface area (Å²) in [6.07, 6.45) is 2.21. The lowest BCUT2D eigenvalue weighted by molar-refractivity contribution is -0.139.